The molecule has 2 aliphatic rings. The zero-order chi connectivity index (χ0) is 11.4. The summed E-state index contributed by atoms with van der Waals surface area (Å²) in [6, 6.07) is 4.13. The second-order valence-corrected chi connectivity index (χ2v) is 6.05. The summed E-state index contributed by atoms with van der Waals surface area (Å²) in [5.41, 5.74) is 0. The average molecular weight is 248 g/mol. The molecule has 5 heteroatoms. The lowest BCUT2D eigenvalue weighted by Gasteiger charge is -1.97. The zero-order valence-corrected chi connectivity index (χ0v) is 10.2. The summed E-state index contributed by atoms with van der Waals surface area (Å²) in [6.07, 6.45) is 0. The second-order valence-electron chi connectivity index (χ2n) is 4.76. The summed E-state index contributed by atoms with van der Waals surface area (Å²) in [4.78, 5) is 6.87. The van der Waals surface area contributed by atoms with E-state index in [1.807, 2.05) is 6.07 Å². The van der Waals surface area contributed by atoms with E-state index in [4.69, 9.17) is 9.26 Å². The lowest BCUT2D eigenvalue weighted by molar-refractivity contribution is 0.155. The van der Waals surface area contributed by atoms with Crippen LogP contribution >= 0.6 is 11.3 Å². The lowest BCUT2D eigenvalue weighted by Crippen LogP contribution is -1.97. The third-order valence-corrected chi connectivity index (χ3v) is 4.64. The Balaban J connectivity index is 1.61. The topological polar surface area (TPSA) is 48.2 Å². The molecule has 4 rings (SSSR count). The highest BCUT2D eigenvalue weighted by molar-refractivity contribution is 7.15. The minimum Gasteiger partial charge on any atom is -0.381 e. The number of rotatable bonds is 2. The van der Waals surface area contributed by atoms with E-state index in [9.17, 15) is 0 Å². The van der Waals surface area contributed by atoms with Gasteiger partial charge in [0.2, 0.25) is 11.7 Å². The Labute approximate surface area is 103 Å². The van der Waals surface area contributed by atoms with E-state index in [-0.39, 0.29) is 0 Å². The molecule has 1 saturated carbocycles. The molecule has 2 fully saturated rings. The van der Waals surface area contributed by atoms with Gasteiger partial charge in [0.25, 0.3) is 0 Å². The maximum Gasteiger partial charge on any atom is 0.230 e. The number of thiophene rings is 1. The second kappa shape index (κ2) is 3.40. The van der Waals surface area contributed by atoms with E-state index in [0.717, 1.165) is 29.8 Å². The number of aromatic nitrogens is 2. The molecule has 0 radical (unpaired) electrons. The predicted octanol–water partition coefficient (Wildman–Crippen LogP) is 2.47. The van der Waals surface area contributed by atoms with Gasteiger partial charge in [-0.15, -0.1) is 11.3 Å². The van der Waals surface area contributed by atoms with E-state index >= 15 is 0 Å². The monoisotopic (exact) mass is 248 g/mol. The molecule has 2 aromatic rings. The Morgan fingerprint density at radius 2 is 2.12 bits per heavy atom. The van der Waals surface area contributed by atoms with E-state index in [2.05, 4.69) is 23.1 Å². The first kappa shape index (κ1) is 9.79. The molecule has 2 aromatic heterocycles. The number of ether oxygens (including phenoxy) is 1. The number of aryl methyl sites for hydroxylation is 1. The minimum atomic E-state index is 0.450. The molecule has 3 heterocycles. The molecule has 0 spiro atoms. The van der Waals surface area contributed by atoms with E-state index < -0.39 is 0 Å². The number of hydrogen-bond acceptors (Lipinski definition) is 5. The van der Waals surface area contributed by atoms with Crippen LogP contribution < -0.4 is 0 Å². The van der Waals surface area contributed by atoms with Gasteiger partial charge in [-0.25, -0.2) is 0 Å². The summed E-state index contributed by atoms with van der Waals surface area (Å²) in [7, 11) is 0. The van der Waals surface area contributed by atoms with Crippen LogP contribution in [0.2, 0.25) is 0 Å². The van der Waals surface area contributed by atoms with E-state index in [1.165, 1.54) is 4.88 Å². The van der Waals surface area contributed by atoms with Crippen molar-refractivity contribution in [3.63, 3.8) is 0 Å². The van der Waals surface area contributed by atoms with Gasteiger partial charge in [0.1, 0.15) is 0 Å². The number of hydrogen-bond donors (Lipinski definition) is 0. The first-order chi connectivity index (χ1) is 8.33. The Morgan fingerprint density at radius 3 is 2.82 bits per heavy atom. The lowest BCUT2D eigenvalue weighted by atomic mass is 10.3. The quantitative estimate of drug-likeness (QED) is 0.819. The summed E-state index contributed by atoms with van der Waals surface area (Å²) in [5.74, 6) is 3.21. The van der Waals surface area contributed by atoms with Crippen molar-refractivity contribution in [2.24, 2.45) is 11.8 Å². The van der Waals surface area contributed by atoms with Crippen molar-refractivity contribution in [3.05, 3.63) is 22.9 Å². The van der Waals surface area contributed by atoms with Crippen molar-refractivity contribution in [1.82, 2.24) is 10.1 Å². The molecule has 1 aliphatic heterocycles. The third kappa shape index (κ3) is 1.46. The largest absolute Gasteiger partial charge is 0.381 e. The van der Waals surface area contributed by atoms with Crippen LogP contribution in [0, 0.1) is 18.8 Å². The molecule has 0 bridgehead atoms. The number of fused-ring (bicyclic) bond motifs is 1. The van der Waals surface area contributed by atoms with Crippen molar-refractivity contribution in [2.75, 3.05) is 13.2 Å². The van der Waals surface area contributed by atoms with Crippen LogP contribution in [-0.4, -0.2) is 23.4 Å². The van der Waals surface area contributed by atoms with E-state index in [0.29, 0.717) is 17.8 Å². The van der Waals surface area contributed by atoms with Crippen molar-refractivity contribution in [3.8, 4) is 10.7 Å². The molecule has 88 valence electrons. The van der Waals surface area contributed by atoms with Crippen LogP contribution in [0.1, 0.15) is 16.7 Å². The van der Waals surface area contributed by atoms with Crippen LogP contribution in [-0.2, 0) is 4.74 Å². The highest BCUT2D eigenvalue weighted by Gasteiger charge is 2.57. The van der Waals surface area contributed by atoms with Crippen LogP contribution in [0.25, 0.3) is 10.7 Å². The normalized spacial score (nSPS) is 30.5. The number of nitrogens with zero attached hydrogens (tertiary/aromatic N) is 2. The fourth-order valence-electron chi connectivity index (χ4n) is 2.63. The molecule has 1 unspecified atom stereocenters. The third-order valence-electron chi connectivity index (χ3n) is 3.64. The molecule has 0 amide bonds. The maximum atomic E-state index is 5.38. The highest BCUT2D eigenvalue weighted by Crippen LogP contribution is 2.57. The minimum absolute atomic E-state index is 0.450. The molecule has 17 heavy (non-hydrogen) atoms. The highest BCUT2D eigenvalue weighted by atomic mass is 32.1. The van der Waals surface area contributed by atoms with E-state index in [1.54, 1.807) is 11.3 Å². The SMILES string of the molecule is Cc1ccc(-c2noc(C3[C@H]4COC[C@@H]34)n2)s1. The average Bonchev–Trinajstić information content (AvgIpc) is 2.83. The van der Waals surface area contributed by atoms with Gasteiger partial charge in [-0.2, -0.15) is 4.98 Å². The summed E-state index contributed by atoms with van der Waals surface area (Å²) in [6.45, 7) is 3.79. The van der Waals surface area contributed by atoms with Crippen molar-refractivity contribution in [1.29, 1.82) is 0 Å². The van der Waals surface area contributed by atoms with Crippen LogP contribution in [0.5, 0.6) is 0 Å². The molecular weight excluding hydrogens is 236 g/mol. The Kier molecular flexibility index (Phi) is 1.96. The predicted molar refractivity (Wildman–Crippen MR) is 62.9 cm³/mol. The molecule has 4 nitrogen and oxygen atoms in total. The van der Waals surface area contributed by atoms with Gasteiger partial charge < -0.3 is 9.26 Å². The summed E-state index contributed by atoms with van der Waals surface area (Å²) in [5, 5.41) is 4.07. The standard InChI is InChI=1S/C12H12N2O2S/c1-6-2-3-9(17-6)11-13-12(16-14-11)10-7-4-15-5-8(7)10/h2-3,7-8,10H,4-5H2,1H3/t7-,8+,10?. The summed E-state index contributed by atoms with van der Waals surface area (Å²) < 4.78 is 10.7. The van der Waals surface area contributed by atoms with Gasteiger partial charge in [0.05, 0.1) is 18.1 Å². The maximum absolute atomic E-state index is 5.38. The zero-order valence-electron chi connectivity index (χ0n) is 9.42. The fourth-order valence-corrected chi connectivity index (χ4v) is 3.42. The van der Waals surface area contributed by atoms with Crippen molar-refractivity contribution < 1.29 is 9.26 Å². The van der Waals surface area contributed by atoms with Gasteiger partial charge in [0, 0.05) is 10.8 Å². The molecule has 0 N–H and O–H groups in total. The van der Waals surface area contributed by atoms with Gasteiger partial charge in [-0.1, -0.05) is 5.16 Å². The van der Waals surface area contributed by atoms with Crippen LogP contribution in [0.15, 0.2) is 16.7 Å². The Morgan fingerprint density at radius 1 is 1.29 bits per heavy atom. The van der Waals surface area contributed by atoms with Gasteiger partial charge in [0.15, 0.2) is 0 Å². The van der Waals surface area contributed by atoms with Gasteiger partial charge in [-0.3, -0.25) is 0 Å². The molecule has 3 atom stereocenters. The van der Waals surface area contributed by atoms with Crippen LogP contribution in [0.4, 0.5) is 0 Å². The van der Waals surface area contributed by atoms with Crippen LogP contribution in [0.3, 0.4) is 0 Å². The molecule has 1 saturated heterocycles. The first-order valence-electron chi connectivity index (χ1n) is 5.81. The smallest absolute Gasteiger partial charge is 0.230 e. The summed E-state index contributed by atoms with van der Waals surface area (Å²) >= 11 is 1.70. The fraction of sp³-hybridized carbons (Fsp3) is 0.500. The first-order valence-corrected chi connectivity index (χ1v) is 6.63. The molecule has 1 aliphatic carbocycles. The van der Waals surface area contributed by atoms with Crippen molar-refractivity contribution >= 4 is 11.3 Å². The van der Waals surface area contributed by atoms with Gasteiger partial charge in [-0.05, 0) is 30.9 Å². The molecular formula is C12H12N2O2S. The Hall–Kier alpha value is -1.20. The van der Waals surface area contributed by atoms with Crippen molar-refractivity contribution in [2.45, 2.75) is 12.8 Å². The van der Waals surface area contributed by atoms with Gasteiger partial charge >= 0.3 is 0 Å². The molecule has 0 aromatic carbocycles. The Bertz CT molecular complexity index is 552.